The molecule has 1 amide bonds. The lowest BCUT2D eigenvalue weighted by Crippen LogP contribution is -2.19. The van der Waals surface area contributed by atoms with E-state index < -0.39 is 0 Å². The van der Waals surface area contributed by atoms with Crippen molar-refractivity contribution < 1.29 is 14.3 Å². The first-order valence-electron chi connectivity index (χ1n) is 9.70. The lowest BCUT2D eigenvalue weighted by molar-refractivity contribution is 0.0950. The molecule has 1 aromatic heterocycles. The largest absolute Gasteiger partial charge is 0.493 e. The van der Waals surface area contributed by atoms with E-state index in [0.717, 1.165) is 21.9 Å². The van der Waals surface area contributed by atoms with Crippen molar-refractivity contribution in [1.29, 1.82) is 0 Å². The molecule has 4 aromatic rings. The quantitative estimate of drug-likeness (QED) is 0.362. The zero-order chi connectivity index (χ0) is 21.8. The van der Waals surface area contributed by atoms with Crippen LogP contribution in [0.5, 0.6) is 11.5 Å². The van der Waals surface area contributed by atoms with Gasteiger partial charge in [-0.1, -0.05) is 36.4 Å². The summed E-state index contributed by atoms with van der Waals surface area (Å²) in [6, 6.07) is 21.3. The Morgan fingerprint density at radius 3 is 2.48 bits per heavy atom. The number of hydrogen-bond donors (Lipinski definition) is 2. The van der Waals surface area contributed by atoms with Crippen LogP contribution in [0.15, 0.2) is 71.8 Å². The Kier molecular flexibility index (Phi) is 5.66. The number of rotatable bonds is 6. The Balaban J connectivity index is 1.49. The number of nitrogens with one attached hydrogen (secondary N) is 2. The third-order valence-corrected chi connectivity index (χ3v) is 4.99. The van der Waals surface area contributed by atoms with Crippen LogP contribution >= 0.6 is 0 Å². The highest BCUT2D eigenvalue weighted by molar-refractivity contribution is 6.01. The normalized spacial score (nSPS) is 11.4. The zero-order valence-corrected chi connectivity index (χ0v) is 17.5. The molecule has 0 atom stereocenters. The highest BCUT2D eigenvalue weighted by atomic mass is 16.5. The highest BCUT2D eigenvalue weighted by Gasteiger charge is 2.12. The Morgan fingerprint density at radius 2 is 1.71 bits per heavy atom. The lowest BCUT2D eigenvalue weighted by atomic mass is 10.1. The van der Waals surface area contributed by atoms with Gasteiger partial charge >= 0.3 is 0 Å². The molecule has 156 valence electrons. The topological polar surface area (TPSA) is 88.6 Å². The molecule has 7 heteroatoms. The number of carbonyl (C=O) groups excluding carboxylic acids is 1. The second-order valence-electron chi connectivity index (χ2n) is 6.94. The average Bonchev–Trinajstić information content (AvgIpc) is 3.32. The Morgan fingerprint density at radius 1 is 0.935 bits per heavy atom. The van der Waals surface area contributed by atoms with Gasteiger partial charge in [-0.05, 0) is 48.0 Å². The fourth-order valence-electron chi connectivity index (χ4n) is 3.26. The number of benzene rings is 3. The maximum atomic E-state index is 12.5. The van der Waals surface area contributed by atoms with Gasteiger partial charge in [0.25, 0.3) is 5.91 Å². The summed E-state index contributed by atoms with van der Waals surface area (Å²) in [6.07, 6.45) is 0. The Hall–Kier alpha value is -4.13. The molecular formula is C24H22N4O3. The molecule has 7 nitrogen and oxygen atoms in total. The van der Waals surface area contributed by atoms with Crippen LogP contribution in [0.1, 0.15) is 23.0 Å². The van der Waals surface area contributed by atoms with Crippen LogP contribution in [0.2, 0.25) is 0 Å². The molecule has 3 aromatic carbocycles. The molecule has 31 heavy (non-hydrogen) atoms. The predicted octanol–water partition coefficient (Wildman–Crippen LogP) is 4.40. The Bertz CT molecular complexity index is 1280. The molecule has 0 spiro atoms. The third-order valence-electron chi connectivity index (χ3n) is 4.99. The van der Waals surface area contributed by atoms with Crippen LogP contribution in [0.25, 0.3) is 22.0 Å². The standard InChI is InChI=1S/C24H22N4O3/c1-15(17-10-11-22(30-2)23(13-17)31-3)25-28-24(29)21-14-20(26-27-21)19-9-8-16-6-4-5-7-18(16)12-19/h4-14H,1-3H3,(H,26,27)(H,28,29)/b25-15-. The SMILES string of the molecule is COc1ccc(/C(C)=N\NC(=O)c2cc(-c3ccc4ccccc4c3)n[nH]2)cc1OC. The van der Waals surface area contributed by atoms with Gasteiger partial charge in [0.1, 0.15) is 5.69 Å². The van der Waals surface area contributed by atoms with Crippen LogP contribution in [0.3, 0.4) is 0 Å². The van der Waals surface area contributed by atoms with E-state index >= 15 is 0 Å². The second-order valence-corrected chi connectivity index (χ2v) is 6.94. The maximum Gasteiger partial charge on any atom is 0.289 e. The van der Waals surface area contributed by atoms with E-state index in [1.165, 1.54) is 0 Å². The number of fused-ring (bicyclic) bond motifs is 1. The molecule has 0 radical (unpaired) electrons. The summed E-state index contributed by atoms with van der Waals surface area (Å²) in [5.41, 5.74) is 5.94. The molecule has 0 bridgehead atoms. The molecule has 0 fully saturated rings. The number of carbonyl (C=O) groups is 1. The highest BCUT2D eigenvalue weighted by Crippen LogP contribution is 2.28. The summed E-state index contributed by atoms with van der Waals surface area (Å²) in [6.45, 7) is 1.80. The van der Waals surface area contributed by atoms with E-state index in [2.05, 4.69) is 26.8 Å². The van der Waals surface area contributed by atoms with E-state index in [-0.39, 0.29) is 5.91 Å². The summed E-state index contributed by atoms with van der Waals surface area (Å²) in [4.78, 5) is 12.5. The van der Waals surface area contributed by atoms with Crippen molar-refractivity contribution in [3.63, 3.8) is 0 Å². The minimum absolute atomic E-state index is 0.326. The summed E-state index contributed by atoms with van der Waals surface area (Å²) in [5, 5.41) is 13.5. The van der Waals surface area contributed by atoms with Gasteiger partial charge in [-0.2, -0.15) is 10.2 Å². The second kappa shape index (κ2) is 8.71. The molecule has 0 unspecified atom stereocenters. The minimum Gasteiger partial charge on any atom is -0.493 e. The van der Waals surface area contributed by atoms with Crippen LogP contribution < -0.4 is 14.9 Å². The van der Waals surface area contributed by atoms with Gasteiger partial charge in [0.15, 0.2) is 11.5 Å². The first-order valence-corrected chi connectivity index (χ1v) is 9.70. The van der Waals surface area contributed by atoms with Gasteiger partial charge in [-0.25, -0.2) is 5.43 Å². The molecule has 0 aliphatic heterocycles. The van der Waals surface area contributed by atoms with Gasteiger partial charge in [0, 0.05) is 11.1 Å². The summed E-state index contributed by atoms with van der Waals surface area (Å²) >= 11 is 0. The maximum absolute atomic E-state index is 12.5. The number of amides is 1. The molecule has 0 saturated heterocycles. The van der Waals surface area contributed by atoms with E-state index in [0.29, 0.717) is 28.6 Å². The number of hydrazone groups is 1. The molecule has 4 rings (SSSR count). The van der Waals surface area contributed by atoms with Crippen molar-refractivity contribution in [2.45, 2.75) is 6.92 Å². The van der Waals surface area contributed by atoms with Gasteiger partial charge in [0.2, 0.25) is 0 Å². The van der Waals surface area contributed by atoms with Crippen LogP contribution in [-0.4, -0.2) is 36.0 Å². The number of H-pyrrole nitrogens is 1. The van der Waals surface area contributed by atoms with Crippen LogP contribution in [0, 0.1) is 0 Å². The van der Waals surface area contributed by atoms with E-state index in [9.17, 15) is 4.79 Å². The molecular weight excluding hydrogens is 392 g/mol. The third kappa shape index (κ3) is 4.25. The van der Waals surface area contributed by atoms with E-state index in [4.69, 9.17) is 9.47 Å². The number of methoxy groups -OCH3 is 2. The number of nitrogens with zero attached hydrogens (tertiary/aromatic N) is 2. The van der Waals surface area contributed by atoms with Crippen molar-refractivity contribution in [3.8, 4) is 22.8 Å². The van der Waals surface area contributed by atoms with Crippen LogP contribution in [0.4, 0.5) is 0 Å². The molecule has 1 heterocycles. The van der Waals surface area contributed by atoms with Gasteiger partial charge in [-0.3, -0.25) is 9.89 Å². The predicted molar refractivity (Wildman–Crippen MR) is 121 cm³/mol. The number of aromatic amines is 1. The zero-order valence-electron chi connectivity index (χ0n) is 17.5. The van der Waals surface area contributed by atoms with Crippen LogP contribution in [-0.2, 0) is 0 Å². The van der Waals surface area contributed by atoms with E-state index in [1.54, 1.807) is 39.3 Å². The number of aromatic nitrogens is 2. The number of hydrogen-bond acceptors (Lipinski definition) is 5. The van der Waals surface area contributed by atoms with Gasteiger partial charge in [-0.15, -0.1) is 0 Å². The smallest absolute Gasteiger partial charge is 0.289 e. The summed E-state index contributed by atoms with van der Waals surface area (Å²) < 4.78 is 10.6. The van der Waals surface area contributed by atoms with Crippen molar-refractivity contribution in [2.75, 3.05) is 14.2 Å². The van der Waals surface area contributed by atoms with Crippen molar-refractivity contribution in [3.05, 3.63) is 78.0 Å². The van der Waals surface area contributed by atoms with E-state index in [1.807, 2.05) is 42.5 Å². The molecule has 0 saturated carbocycles. The van der Waals surface area contributed by atoms with Crippen molar-refractivity contribution in [2.24, 2.45) is 5.10 Å². The van der Waals surface area contributed by atoms with Crippen molar-refractivity contribution in [1.82, 2.24) is 15.6 Å². The fraction of sp³-hybridized carbons (Fsp3) is 0.125. The minimum atomic E-state index is -0.376. The summed E-state index contributed by atoms with van der Waals surface area (Å²) in [5.74, 6) is 0.843. The average molecular weight is 414 g/mol. The van der Waals surface area contributed by atoms with Gasteiger partial charge in [0.05, 0.1) is 25.6 Å². The first-order chi connectivity index (χ1) is 15.1. The lowest BCUT2D eigenvalue weighted by Gasteiger charge is -2.09. The fourth-order valence-corrected chi connectivity index (χ4v) is 3.26. The molecule has 2 N–H and O–H groups in total. The molecule has 0 aliphatic rings. The first kappa shape index (κ1) is 20.2. The molecule has 0 aliphatic carbocycles. The number of ether oxygens (including phenoxy) is 2. The van der Waals surface area contributed by atoms with Gasteiger partial charge < -0.3 is 9.47 Å². The van der Waals surface area contributed by atoms with Crippen molar-refractivity contribution >= 4 is 22.4 Å². The summed E-state index contributed by atoms with van der Waals surface area (Å²) in [7, 11) is 3.15. The Labute approximate surface area is 179 Å². The monoisotopic (exact) mass is 414 g/mol.